The van der Waals surface area contributed by atoms with Gasteiger partial charge in [0.2, 0.25) is 0 Å². The van der Waals surface area contributed by atoms with Crippen molar-refractivity contribution in [2.45, 2.75) is 6.10 Å². The minimum atomic E-state index is -0.546. The molecule has 0 unspecified atom stereocenters. The van der Waals surface area contributed by atoms with Gasteiger partial charge < -0.3 is 10.8 Å². The van der Waals surface area contributed by atoms with Crippen LogP contribution in [0, 0.1) is 10.7 Å². The van der Waals surface area contributed by atoms with Crippen molar-refractivity contribution in [2.75, 3.05) is 6.54 Å². The van der Waals surface area contributed by atoms with Gasteiger partial charge >= 0.3 is 0 Å². The Balaban J connectivity index is 3.20. The predicted octanol–water partition coefficient (Wildman–Crippen LogP) is 2.49. The molecule has 0 spiro atoms. The molecule has 0 aliphatic rings. The lowest BCUT2D eigenvalue weighted by Gasteiger charge is -2.12. The van der Waals surface area contributed by atoms with Gasteiger partial charge in [-0.15, -0.1) is 0 Å². The normalized spacial score (nSPS) is 13.0. The minimum Gasteiger partial charge on any atom is -0.387 e. The fourth-order valence-corrected chi connectivity index (χ4v) is 3.51. The molecule has 0 fully saturated rings. The summed E-state index contributed by atoms with van der Waals surface area (Å²) in [6.45, 7) is 0.270. The van der Waals surface area contributed by atoms with Gasteiger partial charge in [-0.05, 0) is 85.5 Å². The highest BCUT2D eigenvalue weighted by molar-refractivity contribution is 14.1. The van der Waals surface area contributed by atoms with Crippen LogP contribution in [0.3, 0.4) is 0 Å². The molecule has 2 nitrogen and oxygen atoms in total. The van der Waals surface area contributed by atoms with Gasteiger partial charge in [0.1, 0.15) is 0 Å². The summed E-state index contributed by atoms with van der Waals surface area (Å²) in [5, 5.41) is 9.62. The molecule has 1 rings (SSSR count). The van der Waals surface area contributed by atoms with Gasteiger partial charge in [0.15, 0.2) is 0 Å². The van der Waals surface area contributed by atoms with Gasteiger partial charge in [-0.3, -0.25) is 0 Å². The molecule has 13 heavy (non-hydrogen) atoms. The summed E-state index contributed by atoms with van der Waals surface area (Å²) in [5.41, 5.74) is 6.34. The Morgan fingerprint density at radius 3 is 2.46 bits per heavy atom. The van der Waals surface area contributed by atoms with E-state index in [1.165, 1.54) is 0 Å². The van der Waals surface area contributed by atoms with Crippen LogP contribution < -0.4 is 5.73 Å². The molecule has 1 atom stereocenters. The Bertz CT molecular complexity index is 317. The van der Waals surface area contributed by atoms with Gasteiger partial charge in [0, 0.05) is 17.3 Å². The maximum absolute atomic E-state index is 9.62. The Morgan fingerprint density at radius 2 is 1.92 bits per heavy atom. The number of rotatable bonds is 2. The van der Waals surface area contributed by atoms with Crippen LogP contribution in [-0.2, 0) is 0 Å². The van der Waals surface area contributed by atoms with Crippen LogP contribution in [0.2, 0.25) is 0 Å². The van der Waals surface area contributed by atoms with E-state index < -0.39 is 6.10 Å². The smallest absolute Gasteiger partial charge is 0.0923 e. The van der Waals surface area contributed by atoms with Crippen LogP contribution in [-0.4, -0.2) is 11.7 Å². The summed E-state index contributed by atoms with van der Waals surface area (Å²) < 4.78 is 3.38. The van der Waals surface area contributed by atoms with E-state index in [1.807, 2.05) is 6.07 Å². The SMILES string of the molecule is NC[C@H](O)c1cc(I)cc(I)c1I. The Kier molecular flexibility index (Phi) is 5.17. The summed E-state index contributed by atoms with van der Waals surface area (Å²) in [5.74, 6) is 0. The zero-order valence-electron chi connectivity index (χ0n) is 6.60. The third-order valence-electron chi connectivity index (χ3n) is 1.60. The summed E-state index contributed by atoms with van der Waals surface area (Å²) in [7, 11) is 0. The van der Waals surface area contributed by atoms with Crippen LogP contribution in [0.1, 0.15) is 11.7 Å². The zero-order valence-corrected chi connectivity index (χ0v) is 13.1. The first-order chi connectivity index (χ1) is 6.06. The second-order valence-electron chi connectivity index (χ2n) is 2.54. The molecule has 0 aliphatic carbocycles. The van der Waals surface area contributed by atoms with Gasteiger partial charge in [-0.1, -0.05) is 0 Å². The van der Waals surface area contributed by atoms with E-state index in [1.54, 1.807) is 0 Å². The molecule has 0 saturated heterocycles. The Morgan fingerprint density at radius 1 is 1.31 bits per heavy atom. The van der Waals surface area contributed by atoms with Crippen LogP contribution in [0.25, 0.3) is 0 Å². The fraction of sp³-hybridized carbons (Fsp3) is 0.250. The second-order valence-corrected chi connectivity index (χ2v) is 6.03. The van der Waals surface area contributed by atoms with Crippen LogP contribution in [0.15, 0.2) is 12.1 Å². The largest absolute Gasteiger partial charge is 0.387 e. The molecule has 1 aromatic carbocycles. The van der Waals surface area contributed by atoms with Crippen molar-refractivity contribution in [3.05, 3.63) is 28.4 Å². The van der Waals surface area contributed by atoms with Crippen molar-refractivity contribution < 1.29 is 5.11 Å². The van der Waals surface area contributed by atoms with Crippen molar-refractivity contribution in [3.63, 3.8) is 0 Å². The lowest BCUT2D eigenvalue weighted by molar-refractivity contribution is 0.185. The van der Waals surface area contributed by atoms with Crippen LogP contribution in [0.5, 0.6) is 0 Å². The second kappa shape index (κ2) is 5.42. The molecule has 5 heteroatoms. The minimum absolute atomic E-state index is 0.270. The molecule has 3 N–H and O–H groups in total. The first-order valence-corrected chi connectivity index (χ1v) is 6.82. The molecular formula is C8H8I3NO. The summed E-state index contributed by atoms with van der Waals surface area (Å²) >= 11 is 6.73. The lowest BCUT2D eigenvalue weighted by Crippen LogP contribution is -2.13. The molecule has 1 aromatic rings. The third-order valence-corrected chi connectivity index (χ3v) is 5.31. The van der Waals surface area contributed by atoms with Gasteiger partial charge in [0.05, 0.1) is 6.10 Å². The third kappa shape index (κ3) is 3.14. The van der Waals surface area contributed by atoms with E-state index in [4.69, 9.17) is 5.73 Å². The predicted molar refractivity (Wildman–Crippen MR) is 78.6 cm³/mol. The monoisotopic (exact) mass is 515 g/mol. The van der Waals surface area contributed by atoms with E-state index in [0.717, 1.165) is 16.3 Å². The van der Waals surface area contributed by atoms with E-state index in [-0.39, 0.29) is 6.54 Å². The highest BCUT2D eigenvalue weighted by Gasteiger charge is 2.12. The van der Waals surface area contributed by atoms with Crippen LogP contribution in [0.4, 0.5) is 0 Å². The average molecular weight is 515 g/mol. The van der Waals surface area contributed by atoms with E-state index in [0.29, 0.717) is 0 Å². The quantitative estimate of drug-likeness (QED) is 0.471. The molecule has 0 amide bonds. The topological polar surface area (TPSA) is 46.2 Å². The number of hydrogen-bond acceptors (Lipinski definition) is 2. The Hall–Kier alpha value is 1.33. The number of aliphatic hydroxyl groups excluding tert-OH is 1. The number of aliphatic hydroxyl groups is 1. The highest BCUT2D eigenvalue weighted by atomic mass is 127. The van der Waals surface area contributed by atoms with Crippen molar-refractivity contribution in [1.82, 2.24) is 0 Å². The maximum Gasteiger partial charge on any atom is 0.0923 e. The zero-order chi connectivity index (χ0) is 10.0. The summed E-state index contributed by atoms with van der Waals surface area (Å²) in [6, 6.07) is 4.05. The first-order valence-electron chi connectivity index (χ1n) is 3.59. The van der Waals surface area contributed by atoms with Gasteiger partial charge in [-0.2, -0.15) is 0 Å². The van der Waals surface area contributed by atoms with Crippen molar-refractivity contribution >= 4 is 67.8 Å². The number of halogens is 3. The maximum atomic E-state index is 9.62. The number of hydrogen-bond donors (Lipinski definition) is 2. The van der Waals surface area contributed by atoms with Gasteiger partial charge in [0.25, 0.3) is 0 Å². The van der Waals surface area contributed by atoms with Crippen molar-refractivity contribution in [2.24, 2.45) is 5.73 Å². The van der Waals surface area contributed by atoms with Gasteiger partial charge in [-0.25, -0.2) is 0 Å². The molecule has 72 valence electrons. The first kappa shape index (κ1) is 12.4. The molecule has 0 radical (unpaired) electrons. The Labute approximate surface area is 118 Å². The number of benzene rings is 1. The summed E-state index contributed by atoms with van der Waals surface area (Å²) in [6.07, 6.45) is -0.546. The van der Waals surface area contributed by atoms with Crippen LogP contribution >= 0.6 is 67.8 Å². The van der Waals surface area contributed by atoms with Crippen molar-refractivity contribution in [1.29, 1.82) is 0 Å². The molecule has 0 saturated carbocycles. The fourth-order valence-electron chi connectivity index (χ4n) is 0.945. The standard InChI is InChI=1S/C8H8I3NO/c9-4-1-5(7(13)3-12)8(11)6(10)2-4/h1-2,7,13H,3,12H2/t7-/m0/s1. The van der Waals surface area contributed by atoms with E-state index >= 15 is 0 Å². The molecular weight excluding hydrogens is 507 g/mol. The molecule has 0 aliphatic heterocycles. The van der Waals surface area contributed by atoms with E-state index in [9.17, 15) is 5.11 Å². The lowest BCUT2D eigenvalue weighted by atomic mass is 10.1. The molecule has 0 aromatic heterocycles. The van der Waals surface area contributed by atoms with E-state index in [2.05, 4.69) is 73.8 Å². The highest BCUT2D eigenvalue weighted by Crippen LogP contribution is 2.26. The average Bonchev–Trinajstić information content (AvgIpc) is 2.10. The molecule has 0 bridgehead atoms. The summed E-state index contributed by atoms with van der Waals surface area (Å²) in [4.78, 5) is 0. The van der Waals surface area contributed by atoms with Crippen molar-refractivity contribution in [3.8, 4) is 0 Å². The molecule has 0 heterocycles. The number of nitrogens with two attached hydrogens (primary N) is 1.